The van der Waals surface area contributed by atoms with E-state index < -0.39 is 11.4 Å². The van der Waals surface area contributed by atoms with Gasteiger partial charge in [-0.15, -0.1) is 0 Å². The third kappa shape index (κ3) is 3.01. The lowest BCUT2D eigenvalue weighted by molar-refractivity contribution is -0.149. The van der Waals surface area contributed by atoms with E-state index in [1.807, 2.05) is 24.3 Å². The minimum Gasteiger partial charge on any atom is -0.481 e. The lowest BCUT2D eigenvalue weighted by atomic mass is 9.81. The predicted octanol–water partition coefficient (Wildman–Crippen LogP) is 1.85. The highest BCUT2D eigenvalue weighted by molar-refractivity contribution is 5.96. The van der Waals surface area contributed by atoms with E-state index in [-0.39, 0.29) is 11.8 Å². The number of benzene rings is 1. The van der Waals surface area contributed by atoms with Crippen LogP contribution < -0.4 is 0 Å². The van der Waals surface area contributed by atoms with Crippen molar-refractivity contribution in [1.29, 1.82) is 0 Å². The number of rotatable bonds is 4. The van der Waals surface area contributed by atoms with Crippen molar-refractivity contribution in [1.82, 2.24) is 9.80 Å². The molecule has 2 aliphatic heterocycles. The molecule has 2 saturated heterocycles. The fourth-order valence-electron chi connectivity index (χ4n) is 4.83. The van der Waals surface area contributed by atoms with Crippen LogP contribution in [0.2, 0.25) is 0 Å². The number of likely N-dealkylation sites (tertiary alicyclic amines) is 1. The Balaban J connectivity index is 1.53. The predicted molar refractivity (Wildman–Crippen MR) is 95.9 cm³/mol. The van der Waals surface area contributed by atoms with Gasteiger partial charge in [-0.1, -0.05) is 24.6 Å². The summed E-state index contributed by atoms with van der Waals surface area (Å²) in [7, 11) is 0. The lowest BCUT2D eigenvalue weighted by Crippen LogP contribution is -2.38. The molecule has 6 nitrogen and oxygen atoms in total. The Morgan fingerprint density at radius 2 is 2.00 bits per heavy atom. The number of carbonyl (C=O) groups is 2. The van der Waals surface area contributed by atoms with E-state index in [0.29, 0.717) is 25.1 Å². The second-order valence-corrected chi connectivity index (χ2v) is 7.78. The van der Waals surface area contributed by atoms with Gasteiger partial charge in [0.1, 0.15) is 0 Å². The van der Waals surface area contributed by atoms with Crippen LogP contribution in [0.15, 0.2) is 24.3 Å². The number of hydrogen-bond donors (Lipinski definition) is 1. The van der Waals surface area contributed by atoms with Crippen molar-refractivity contribution >= 4 is 11.9 Å². The van der Waals surface area contributed by atoms with E-state index in [4.69, 9.17) is 4.74 Å². The number of carboxylic acid groups (broad SMARTS) is 1. The Hall–Kier alpha value is -1.92. The average molecular weight is 358 g/mol. The minimum atomic E-state index is -0.739. The summed E-state index contributed by atoms with van der Waals surface area (Å²) in [4.78, 5) is 29.2. The molecule has 1 saturated carbocycles. The fraction of sp³-hybridized carbons (Fsp3) is 0.600. The highest BCUT2D eigenvalue weighted by atomic mass is 16.5. The van der Waals surface area contributed by atoms with Gasteiger partial charge >= 0.3 is 5.97 Å². The molecule has 26 heavy (non-hydrogen) atoms. The quantitative estimate of drug-likeness (QED) is 0.889. The highest BCUT2D eigenvalue weighted by Gasteiger charge is 2.55. The van der Waals surface area contributed by atoms with Crippen molar-refractivity contribution in [2.75, 3.05) is 39.4 Å². The monoisotopic (exact) mass is 358 g/mol. The zero-order valence-corrected chi connectivity index (χ0v) is 15.0. The van der Waals surface area contributed by atoms with Crippen LogP contribution in [0.5, 0.6) is 0 Å². The van der Waals surface area contributed by atoms with Crippen LogP contribution in [0.3, 0.4) is 0 Å². The Labute approximate surface area is 153 Å². The summed E-state index contributed by atoms with van der Waals surface area (Å²) in [6.07, 6.45) is 2.55. The molecule has 3 aliphatic rings. The Morgan fingerprint density at radius 1 is 1.23 bits per heavy atom. The van der Waals surface area contributed by atoms with Gasteiger partial charge in [0.2, 0.25) is 0 Å². The van der Waals surface area contributed by atoms with E-state index in [9.17, 15) is 14.7 Å². The van der Waals surface area contributed by atoms with Gasteiger partial charge in [-0.2, -0.15) is 0 Å². The average Bonchev–Trinajstić information content (AvgIpc) is 3.21. The summed E-state index contributed by atoms with van der Waals surface area (Å²) in [5.74, 6) is -0.670. The van der Waals surface area contributed by atoms with Crippen LogP contribution in [0.4, 0.5) is 0 Å². The fourth-order valence-corrected chi connectivity index (χ4v) is 4.83. The van der Waals surface area contributed by atoms with Gasteiger partial charge < -0.3 is 14.7 Å². The second-order valence-electron chi connectivity index (χ2n) is 7.78. The number of hydrogen-bond acceptors (Lipinski definition) is 4. The van der Waals surface area contributed by atoms with E-state index in [1.165, 1.54) is 0 Å². The summed E-state index contributed by atoms with van der Waals surface area (Å²) in [6, 6.07) is 7.73. The van der Waals surface area contributed by atoms with Gasteiger partial charge in [-0.25, -0.2) is 0 Å². The number of carbonyl (C=O) groups excluding carboxylic acids is 1. The first-order valence-corrected chi connectivity index (χ1v) is 9.51. The summed E-state index contributed by atoms with van der Waals surface area (Å²) >= 11 is 0. The molecule has 1 aromatic carbocycles. The molecule has 0 aromatic heterocycles. The Bertz CT molecular complexity index is 701. The van der Waals surface area contributed by atoms with Gasteiger partial charge in [0, 0.05) is 38.3 Å². The summed E-state index contributed by atoms with van der Waals surface area (Å²) in [6.45, 7) is 4.84. The topological polar surface area (TPSA) is 70.1 Å². The van der Waals surface area contributed by atoms with Crippen LogP contribution >= 0.6 is 0 Å². The maximum atomic E-state index is 13.2. The number of nitrogens with zero attached hydrogens (tertiary/aromatic N) is 2. The van der Waals surface area contributed by atoms with Gasteiger partial charge in [0.05, 0.1) is 18.6 Å². The smallest absolute Gasteiger partial charge is 0.311 e. The zero-order chi connectivity index (χ0) is 18.1. The molecule has 0 radical (unpaired) electrons. The standard InChI is InChI=1S/C20H26N2O4/c23-18(22-13-16-5-3-7-20(16,14-22)19(24)25)17-6-2-1-4-15(17)12-21-8-10-26-11-9-21/h1-2,4,6,16H,3,5,7-14H2,(H,24,25)/t16-,20+/m0/s1. The molecule has 1 amide bonds. The van der Waals surface area contributed by atoms with Gasteiger partial charge in [0.15, 0.2) is 0 Å². The maximum absolute atomic E-state index is 13.2. The van der Waals surface area contributed by atoms with Crippen LogP contribution in [0.25, 0.3) is 0 Å². The number of morpholine rings is 1. The maximum Gasteiger partial charge on any atom is 0.311 e. The molecule has 0 bridgehead atoms. The molecule has 1 aromatic rings. The molecule has 6 heteroatoms. The van der Waals surface area contributed by atoms with Crippen LogP contribution in [0.1, 0.15) is 35.2 Å². The first kappa shape index (κ1) is 17.5. The second kappa shape index (κ2) is 7.00. The molecule has 2 atom stereocenters. The molecule has 1 N–H and O–H groups in total. The number of amides is 1. The van der Waals surface area contributed by atoms with E-state index in [1.54, 1.807) is 4.90 Å². The summed E-state index contributed by atoms with van der Waals surface area (Å²) in [5.41, 5.74) is 0.995. The number of fused-ring (bicyclic) bond motifs is 1. The Morgan fingerprint density at radius 3 is 2.73 bits per heavy atom. The largest absolute Gasteiger partial charge is 0.481 e. The third-order valence-corrected chi connectivity index (χ3v) is 6.33. The van der Waals surface area contributed by atoms with Crippen LogP contribution in [-0.2, 0) is 16.1 Å². The van der Waals surface area contributed by atoms with Gasteiger partial charge in [0.25, 0.3) is 5.91 Å². The number of carboxylic acids is 1. The summed E-state index contributed by atoms with van der Waals surface area (Å²) in [5, 5.41) is 9.76. The SMILES string of the molecule is O=C(c1ccccc1CN1CCOCC1)N1C[C@@H]2CCC[C@@]2(C(=O)O)C1. The van der Waals surface area contributed by atoms with Crippen molar-refractivity contribution in [3.8, 4) is 0 Å². The van der Waals surface area contributed by atoms with Crippen molar-refractivity contribution in [2.24, 2.45) is 11.3 Å². The van der Waals surface area contributed by atoms with Crippen LogP contribution in [0, 0.1) is 11.3 Å². The first-order chi connectivity index (χ1) is 12.6. The molecular formula is C20H26N2O4. The molecule has 3 fully saturated rings. The molecule has 4 rings (SSSR count). The van der Waals surface area contributed by atoms with Gasteiger partial charge in [-0.05, 0) is 30.4 Å². The highest BCUT2D eigenvalue weighted by Crippen LogP contribution is 2.49. The van der Waals surface area contributed by atoms with Crippen LogP contribution in [-0.4, -0.2) is 66.2 Å². The third-order valence-electron chi connectivity index (χ3n) is 6.33. The van der Waals surface area contributed by atoms with E-state index in [2.05, 4.69) is 4.90 Å². The minimum absolute atomic E-state index is 0.0242. The molecular weight excluding hydrogens is 332 g/mol. The molecule has 0 unspecified atom stereocenters. The van der Waals surface area contributed by atoms with Crippen molar-refractivity contribution in [3.63, 3.8) is 0 Å². The zero-order valence-electron chi connectivity index (χ0n) is 15.0. The number of ether oxygens (including phenoxy) is 1. The lowest BCUT2D eigenvalue weighted by Gasteiger charge is -2.28. The molecule has 1 aliphatic carbocycles. The first-order valence-electron chi connectivity index (χ1n) is 9.51. The van der Waals surface area contributed by atoms with E-state index >= 15 is 0 Å². The normalized spacial score (nSPS) is 28.9. The summed E-state index contributed by atoms with van der Waals surface area (Å²) < 4.78 is 5.40. The number of aliphatic carboxylic acids is 1. The van der Waals surface area contributed by atoms with E-state index in [0.717, 1.165) is 51.3 Å². The molecule has 2 heterocycles. The molecule has 140 valence electrons. The molecule has 0 spiro atoms. The van der Waals surface area contributed by atoms with Crippen molar-refractivity contribution in [3.05, 3.63) is 35.4 Å². The van der Waals surface area contributed by atoms with Crippen molar-refractivity contribution < 1.29 is 19.4 Å². The van der Waals surface area contributed by atoms with Gasteiger partial charge in [-0.3, -0.25) is 14.5 Å². The Kier molecular flexibility index (Phi) is 4.71. The van der Waals surface area contributed by atoms with Crippen molar-refractivity contribution in [2.45, 2.75) is 25.8 Å².